The van der Waals surface area contributed by atoms with Gasteiger partial charge in [-0.05, 0) is 18.6 Å². The van der Waals surface area contributed by atoms with E-state index >= 15 is 0 Å². The van der Waals surface area contributed by atoms with Gasteiger partial charge in [0.05, 0.1) is 12.2 Å². The number of carbonyl (C=O) groups excluding carboxylic acids is 1. The molecule has 0 fully saturated rings. The average Bonchev–Trinajstić information content (AvgIpc) is 2.46. The molecule has 0 unspecified atom stereocenters. The maximum atomic E-state index is 11.6. The van der Waals surface area contributed by atoms with E-state index in [1.165, 1.54) is 25.7 Å². The summed E-state index contributed by atoms with van der Waals surface area (Å²) in [4.78, 5) is 11.6. The molecule has 0 saturated carbocycles. The van der Waals surface area contributed by atoms with Crippen molar-refractivity contribution in [2.24, 2.45) is 0 Å². The van der Waals surface area contributed by atoms with Crippen molar-refractivity contribution in [2.75, 3.05) is 19.8 Å². The zero-order chi connectivity index (χ0) is 13.8. The Bertz CT molecular complexity index is 335. The molecule has 0 heterocycles. The summed E-state index contributed by atoms with van der Waals surface area (Å²) >= 11 is 0. The monoisotopic (exact) mass is 264 g/mol. The summed E-state index contributed by atoms with van der Waals surface area (Å²) in [6.07, 6.45) is 6.15. The van der Waals surface area contributed by atoms with Crippen LogP contribution >= 0.6 is 0 Å². The standard InChI is InChI=1S/C16H24O3/c1-2-3-4-5-9-12-18-13-14-19-16(17)15-10-7-6-8-11-15/h6-8,10-11H,2-5,9,12-14H2,1H3. The lowest BCUT2D eigenvalue weighted by Gasteiger charge is -2.06. The molecular weight excluding hydrogens is 240 g/mol. The largest absolute Gasteiger partial charge is 0.460 e. The third-order valence-electron chi connectivity index (χ3n) is 2.86. The van der Waals surface area contributed by atoms with Gasteiger partial charge in [-0.3, -0.25) is 0 Å². The second-order valence-electron chi connectivity index (χ2n) is 4.53. The average molecular weight is 264 g/mol. The van der Waals surface area contributed by atoms with Crippen LogP contribution in [0.25, 0.3) is 0 Å². The van der Waals surface area contributed by atoms with Gasteiger partial charge in [-0.15, -0.1) is 0 Å². The van der Waals surface area contributed by atoms with E-state index in [-0.39, 0.29) is 5.97 Å². The van der Waals surface area contributed by atoms with Gasteiger partial charge in [-0.25, -0.2) is 4.79 Å². The number of carbonyl (C=O) groups is 1. The van der Waals surface area contributed by atoms with Gasteiger partial charge in [-0.2, -0.15) is 0 Å². The molecule has 0 N–H and O–H groups in total. The highest BCUT2D eigenvalue weighted by Crippen LogP contribution is 2.03. The first-order valence-corrected chi connectivity index (χ1v) is 7.14. The van der Waals surface area contributed by atoms with Crippen LogP contribution in [0.4, 0.5) is 0 Å². The van der Waals surface area contributed by atoms with E-state index < -0.39 is 0 Å². The van der Waals surface area contributed by atoms with Gasteiger partial charge in [-0.1, -0.05) is 50.8 Å². The van der Waals surface area contributed by atoms with E-state index in [4.69, 9.17) is 9.47 Å². The Balaban J connectivity index is 1.95. The van der Waals surface area contributed by atoms with Crippen LogP contribution in [0, 0.1) is 0 Å². The van der Waals surface area contributed by atoms with Gasteiger partial charge < -0.3 is 9.47 Å². The van der Waals surface area contributed by atoms with Crippen molar-refractivity contribution in [3.05, 3.63) is 35.9 Å². The number of benzene rings is 1. The second kappa shape index (κ2) is 10.6. The first kappa shape index (κ1) is 15.7. The third kappa shape index (κ3) is 7.62. The van der Waals surface area contributed by atoms with Crippen LogP contribution in [-0.2, 0) is 9.47 Å². The van der Waals surface area contributed by atoms with Gasteiger partial charge in [0.15, 0.2) is 0 Å². The van der Waals surface area contributed by atoms with Gasteiger partial charge in [0.25, 0.3) is 0 Å². The summed E-state index contributed by atoms with van der Waals surface area (Å²) in [6, 6.07) is 9.01. The van der Waals surface area contributed by atoms with Gasteiger partial charge in [0.2, 0.25) is 0 Å². The summed E-state index contributed by atoms with van der Waals surface area (Å²) in [5.41, 5.74) is 0.585. The molecule has 19 heavy (non-hydrogen) atoms. The molecule has 0 aliphatic rings. The fourth-order valence-corrected chi connectivity index (χ4v) is 1.76. The van der Waals surface area contributed by atoms with Crippen LogP contribution in [-0.4, -0.2) is 25.8 Å². The fraction of sp³-hybridized carbons (Fsp3) is 0.562. The number of hydrogen-bond acceptors (Lipinski definition) is 3. The van der Waals surface area contributed by atoms with Crippen LogP contribution < -0.4 is 0 Å². The lowest BCUT2D eigenvalue weighted by atomic mass is 10.2. The molecular formula is C16H24O3. The summed E-state index contributed by atoms with van der Waals surface area (Å²) < 4.78 is 10.5. The van der Waals surface area contributed by atoms with E-state index in [9.17, 15) is 4.79 Å². The van der Waals surface area contributed by atoms with Crippen molar-refractivity contribution in [2.45, 2.75) is 39.0 Å². The van der Waals surface area contributed by atoms with Crippen molar-refractivity contribution in [1.29, 1.82) is 0 Å². The van der Waals surface area contributed by atoms with E-state index in [2.05, 4.69) is 6.92 Å². The zero-order valence-electron chi connectivity index (χ0n) is 11.8. The summed E-state index contributed by atoms with van der Waals surface area (Å²) in [5, 5.41) is 0. The molecule has 0 aliphatic heterocycles. The van der Waals surface area contributed by atoms with Crippen LogP contribution in [0.15, 0.2) is 30.3 Å². The Morgan fingerprint density at radius 2 is 1.68 bits per heavy atom. The number of rotatable bonds is 10. The molecule has 0 aliphatic carbocycles. The van der Waals surface area contributed by atoms with Gasteiger partial charge in [0, 0.05) is 6.61 Å². The Hall–Kier alpha value is -1.35. The zero-order valence-corrected chi connectivity index (χ0v) is 11.8. The van der Waals surface area contributed by atoms with E-state index in [0.717, 1.165) is 13.0 Å². The maximum Gasteiger partial charge on any atom is 0.338 e. The number of ether oxygens (including phenoxy) is 2. The van der Waals surface area contributed by atoms with Crippen LogP contribution in [0.5, 0.6) is 0 Å². The fourth-order valence-electron chi connectivity index (χ4n) is 1.76. The molecule has 3 nitrogen and oxygen atoms in total. The van der Waals surface area contributed by atoms with Crippen molar-refractivity contribution >= 4 is 5.97 Å². The molecule has 0 aromatic heterocycles. The molecule has 0 atom stereocenters. The van der Waals surface area contributed by atoms with Crippen molar-refractivity contribution in [3.63, 3.8) is 0 Å². The lowest BCUT2D eigenvalue weighted by molar-refractivity contribution is 0.0312. The van der Waals surface area contributed by atoms with E-state index in [1.807, 2.05) is 18.2 Å². The molecule has 3 heteroatoms. The predicted molar refractivity (Wildman–Crippen MR) is 76.3 cm³/mol. The molecule has 0 amide bonds. The lowest BCUT2D eigenvalue weighted by Crippen LogP contribution is -2.11. The highest BCUT2D eigenvalue weighted by atomic mass is 16.6. The van der Waals surface area contributed by atoms with E-state index in [1.54, 1.807) is 12.1 Å². The number of hydrogen-bond donors (Lipinski definition) is 0. The third-order valence-corrected chi connectivity index (χ3v) is 2.86. The van der Waals surface area contributed by atoms with Gasteiger partial charge in [0.1, 0.15) is 6.61 Å². The minimum atomic E-state index is -0.285. The maximum absolute atomic E-state index is 11.6. The number of unbranched alkanes of at least 4 members (excludes halogenated alkanes) is 4. The molecule has 0 radical (unpaired) electrons. The SMILES string of the molecule is CCCCCCCOCCOC(=O)c1ccccc1. The molecule has 1 aromatic carbocycles. The smallest absolute Gasteiger partial charge is 0.338 e. The van der Waals surface area contributed by atoms with E-state index in [0.29, 0.717) is 18.8 Å². The first-order chi connectivity index (χ1) is 9.34. The van der Waals surface area contributed by atoms with Crippen molar-refractivity contribution < 1.29 is 14.3 Å². The second-order valence-corrected chi connectivity index (χ2v) is 4.53. The van der Waals surface area contributed by atoms with Crippen molar-refractivity contribution in [1.82, 2.24) is 0 Å². The Morgan fingerprint density at radius 1 is 0.947 bits per heavy atom. The highest BCUT2D eigenvalue weighted by molar-refractivity contribution is 5.89. The summed E-state index contributed by atoms with van der Waals surface area (Å²) in [5.74, 6) is -0.285. The minimum absolute atomic E-state index is 0.285. The topological polar surface area (TPSA) is 35.5 Å². The molecule has 0 saturated heterocycles. The predicted octanol–water partition coefficient (Wildman–Crippen LogP) is 3.83. The van der Waals surface area contributed by atoms with Crippen LogP contribution in [0.2, 0.25) is 0 Å². The Kier molecular flexibility index (Phi) is 8.73. The van der Waals surface area contributed by atoms with Crippen LogP contribution in [0.1, 0.15) is 49.4 Å². The Labute approximate surface area is 115 Å². The molecule has 1 aromatic rings. The summed E-state index contributed by atoms with van der Waals surface area (Å²) in [7, 11) is 0. The molecule has 0 spiro atoms. The van der Waals surface area contributed by atoms with Gasteiger partial charge >= 0.3 is 5.97 Å². The van der Waals surface area contributed by atoms with Crippen molar-refractivity contribution in [3.8, 4) is 0 Å². The highest BCUT2D eigenvalue weighted by Gasteiger charge is 2.04. The molecule has 106 valence electrons. The van der Waals surface area contributed by atoms with Crippen LogP contribution in [0.3, 0.4) is 0 Å². The minimum Gasteiger partial charge on any atom is -0.460 e. The summed E-state index contributed by atoms with van der Waals surface area (Å²) in [6.45, 7) is 3.76. The number of esters is 1. The quantitative estimate of drug-likeness (QED) is 0.476. The molecule has 0 bridgehead atoms. The molecule has 1 rings (SSSR count). The normalized spacial score (nSPS) is 10.4. The Morgan fingerprint density at radius 3 is 2.42 bits per heavy atom. The first-order valence-electron chi connectivity index (χ1n) is 7.14.